The molecular formula is C41H41FN4O5S2. The van der Waals surface area contributed by atoms with Gasteiger partial charge in [0.15, 0.2) is 0 Å². The van der Waals surface area contributed by atoms with E-state index >= 15 is 4.39 Å². The fourth-order valence-corrected chi connectivity index (χ4v) is 9.66. The molecule has 1 fully saturated rings. The van der Waals surface area contributed by atoms with Gasteiger partial charge in [-0.05, 0) is 49.1 Å². The highest BCUT2D eigenvalue weighted by molar-refractivity contribution is 8.02. The van der Waals surface area contributed by atoms with Crippen molar-refractivity contribution in [2.45, 2.75) is 61.4 Å². The van der Waals surface area contributed by atoms with Crippen LogP contribution in [0.15, 0.2) is 115 Å². The summed E-state index contributed by atoms with van der Waals surface area (Å²) >= 11 is 2.78. The summed E-state index contributed by atoms with van der Waals surface area (Å²) < 4.78 is 13.1. The molecule has 1 aliphatic heterocycles. The number of carboxylic acid groups (broad SMARTS) is 1. The zero-order chi connectivity index (χ0) is 37.8. The molecule has 1 aromatic heterocycles. The molecular weight excluding hydrogens is 712 g/mol. The van der Waals surface area contributed by atoms with Crippen molar-refractivity contribution < 1.29 is 29.0 Å². The number of carbonyl (C=O) groups excluding carboxylic acids is 2. The highest BCUT2D eigenvalue weighted by atomic mass is 32.2. The van der Waals surface area contributed by atoms with Crippen LogP contribution in [0.4, 0.5) is 9.18 Å². The number of aromatic nitrogens is 1. The smallest absolute Gasteiger partial charge is 0.405 e. The summed E-state index contributed by atoms with van der Waals surface area (Å²) in [6, 6.07) is 31.9. The molecule has 3 amide bonds. The molecule has 0 saturated carbocycles. The molecule has 53 heavy (non-hydrogen) atoms. The molecule has 3 atom stereocenters. The summed E-state index contributed by atoms with van der Waals surface area (Å²) in [5.41, 5.74) is 6.10. The minimum atomic E-state index is -1.40. The first kappa shape index (κ1) is 37.7. The maximum Gasteiger partial charge on any atom is 0.405 e. The van der Waals surface area contributed by atoms with Crippen LogP contribution in [0.3, 0.4) is 0 Å². The number of hydrogen-bond donors (Lipinski definition) is 4. The zero-order valence-electron chi connectivity index (χ0n) is 29.5. The summed E-state index contributed by atoms with van der Waals surface area (Å²) in [6.45, 7) is 5.26. The standard InChI is InChI=1S/C41H41FN4O5S2/c1-26-35(52-25-44-26)32-20-19-27(21-33(32)42)23-43-37(48)34-22-31(47)24-46(34)38(49)36(45-39(50)51)40(2,3)53-41(28-13-7-4-8-14-28,29-15-9-5-10-16-29)30-17-11-6-12-18-30/h4-21,25,31,34,36,45,47H,22-24H2,1-3H3,(H,43,48)(H,50,51)/t31-,34-,36-/m1/s1. The summed E-state index contributed by atoms with van der Waals surface area (Å²) in [4.78, 5) is 46.9. The van der Waals surface area contributed by atoms with Gasteiger partial charge in [-0.25, -0.2) is 14.2 Å². The van der Waals surface area contributed by atoms with E-state index in [0.29, 0.717) is 11.1 Å². The molecule has 1 saturated heterocycles. The molecule has 5 aromatic rings. The molecule has 0 bridgehead atoms. The van der Waals surface area contributed by atoms with E-state index in [1.165, 1.54) is 34.1 Å². The molecule has 2 heterocycles. The van der Waals surface area contributed by atoms with Crippen LogP contribution in [0.5, 0.6) is 0 Å². The van der Waals surface area contributed by atoms with E-state index in [0.717, 1.165) is 27.3 Å². The normalized spacial score (nSPS) is 16.6. The van der Waals surface area contributed by atoms with Gasteiger partial charge in [-0.2, -0.15) is 0 Å². The number of rotatable bonds is 12. The van der Waals surface area contributed by atoms with Crippen molar-refractivity contribution in [2.75, 3.05) is 6.54 Å². The minimum absolute atomic E-state index is 0.0156. The number of thioether (sulfide) groups is 1. The summed E-state index contributed by atoms with van der Waals surface area (Å²) in [6.07, 6.45) is -2.45. The monoisotopic (exact) mass is 752 g/mol. The lowest BCUT2D eigenvalue weighted by Crippen LogP contribution is -2.60. The first-order valence-corrected chi connectivity index (χ1v) is 18.9. The summed E-state index contributed by atoms with van der Waals surface area (Å²) in [5.74, 6) is -1.62. The molecule has 0 unspecified atom stereocenters. The van der Waals surface area contributed by atoms with E-state index in [1.807, 2.05) is 112 Å². The Bertz CT molecular complexity index is 1970. The molecule has 6 rings (SSSR count). The second-order valence-corrected chi connectivity index (χ2v) is 16.3. The average Bonchev–Trinajstić information content (AvgIpc) is 3.77. The maximum atomic E-state index is 15.1. The number of amides is 3. The number of likely N-dealkylation sites (tertiary alicyclic amines) is 1. The van der Waals surface area contributed by atoms with Gasteiger partial charge in [-0.1, -0.05) is 103 Å². The van der Waals surface area contributed by atoms with Crippen LogP contribution >= 0.6 is 23.1 Å². The van der Waals surface area contributed by atoms with Gasteiger partial charge in [0.1, 0.15) is 17.9 Å². The number of aliphatic hydroxyl groups is 1. The molecule has 4 aromatic carbocycles. The van der Waals surface area contributed by atoms with Crippen molar-refractivity contribution in [3.63, 3.8) is 0 Å². The number of carbonyl (C=O) groups is 3. The first-order chi connectivity index (χ1) is 25.4. The molecule has 0 aliphatic carbocycles. The van der Waals surface area contributed by atoms with Crippen molar-refractivity contribution in [1.29, 1.82) is 0 Å². The van der Waals surface area contributed by atoms with Crippen molar-refractivity contribution in [2.24, 2.45) is 0 Å². The van der Waals surface area contributed by atoms with Gasteiger partial charge in [-0.3, -0.25) is 9.59 Å². The number of hydrogen-bond acceptors (Lipinski definition) is 7. The SMILES string of the molecule is Cc1ncsc1-c1ccc(CNC(=O)[C@H]2C[C@@H](O)CN2C(=O)[C@@H](NC(=O)O)C(C)(C)SC(c2ccccc2)(c2ccccc2)c2ccccc2)cc1F. The molecule has 0 spiro atoms. The van der Waals surface area contributed by atoms with Crippen LogP contribution in [0.25, 0.3) is 10.4 Å². The van der Waals surface area contributed by atoms with Crippen LogP contribution < -0.4 is 10.6 Å². The average molecular weight is 753 g/mol. The number of benzene rings is 4. The van der Waals surface area contributed by atoms with E-state index in [2.05, 4.69) is 15.6 Å². The number of nitrogens with zero attached hydrogens (tertiary/aromatic N) is 2. The molecule has 1 aliphatic rings. The second kappa shape index (κ2) is 15.9. The number of nitrogens with one attached hydrogen (secondary N) is 2. The van der Waals surface area contributed by atoms with Crippen molar-refractivity contribution in [1.82, 2.24) is 20.5 Å². The van der Waals surface area contributed by atoms with Gasteiger partial charge in [0.2, 0.25) is 11.8 Å². The lowest BCUT2D eigenvalue weighted by molar-refractivity contribution is -0.140. The predicted molar refractivity (Wildman–Crippen MR) is 206 cm³/mol. The fraction of sp³-hybridized carbons (Fsp3) is 0.268. The Morgan fingerprint density at radius 2 is 1.51 bits per heavy atom. The minimum Gasteiger partial charge on any atom is -0.465 e. The van der Waals surface area contributed by atoms with Gasteiger partial charge in [0.05, 0.1) is 26.9 Å². The fourth-order valence-electron chi connectivity index (χ4n) is 7.00. The largest absolute Gasteiger partial charge is 0.465 e. The lowest BCUT2D eigenvalue weighted by Gasteiger charge is -2.44. The number of aryl methyl sites for hydroxylation is 1. The van der Waals surface area contributed by atoms with Crippen molar-refractivity contribution >= 4 is 41.0 Å². The first-order valence-electron chi connectivity index (χ1n) is 17.2. The zero-order valence-corrected chi connectivity index (χ0v) is 31.2. The van der Waals surface area contributed by atoms with Crippen molar-refractivity contribution in [3.05, 3.63) is 148 Å². The van der Waals surface area contributed by atoms with E-state index in [-0.39, 0.29) is 19.5 Å². The highest BCUT2D eigenvalue weighted by Crippen LogP contribution is 2.54. The number of thiazole rings is 1. The van der Waals surface area contributed by atoms with Crippen LogP contribution in [-0.4, -0.2) is 67.5 Å². The van der Waals surface area contributed by atoms with Gasteiger partial charge in [-0.15, -0.1) is 23.1 Å². The Labute approximate surface area is 316 Å². The van der Waals surface area contributed by atoms with E-state index in [1.54, 1.807) is 17.6 Å². The van der Waals surface area contributed by atoms with Gasteiger partial charge in [0.25, 0.3) is 0 Å². The third-order valence-corrected chi connectivity index (χ3v) is 12.3. The lowest BCUT2D eigenvalue weighted by atomic mass is 9.84. The van der Waals surface area contributed by atoms with Gasteiger partial charge in [0, 0.05) is 29.8 Å². The number of aliphatic hydroxyl groups excluding tert-OH is 1. The third-order valence-electron chi connectivity index (χ3n) is 9.52. The van der Waals surface area contributed by atoms with Gasteiger partial charge >= 0.3 is 6.09 Å². The van der Waals surface area contributed by atoms with Crippen LogP contribution in [0, 0.1) is 12.7 Å². The molecule has 9 nitrogen and oxygen atoms in total. The quantitative estimate of drug-likeness (QED) is 0.101. The molecule has 274 valence electrons. The topological polar surface area (TPSA) is 132 Å². The number of β-amino-alcohol motifs (C(OH)–C–C–N with tert-alkyl or cyclic N) is 1. The summed E-state index contributed by atoms with van der Waals surface area (Å²) in [5, 5.41) is 26.1. The number of halogens is 1. The maximum absolute atomic E-state index is 15.1. The van der Waals surface area contributed by atoms with Crippen LogP contribution in [0.2, 0.25) is 0 Å². The third kappa shape index (κ3) is 8.00. The molecule has 0 radical (unpaired) electrons. The second-order valence-electron chi connectivity index (χ2n) is 13.6. The van der Waals surface area contributed by atoms with E-state index < -0.39 is 51.4 Å². The summed E-state index contributed by atoms with van der Waals surface area (Å²) in [7, 11) is 0. The Morgan fingerprint density at radius 3 is 2.00 bits per heavy atom. The Kier molecular flexibility index (Phi) is 11.3. The highest BCUT2D eigenvalue weighted by Gasteiger charge is 2.50. The van der Waals surface area contributed by atoms with Gasteiger partial charge < -0.3 is 25.7 Å². The molecule has 12 heteroatoms. The van der Waals surface area contributed by atoms with Crippen LogP contribution in [0.1, 0.15) is 48.2 Å². The molecule has 4 N–H and O–H groups in total. The van der Waals surface area contributed by atoms with E-state index in [4.69, 9.17) is 0 Å². The Morgan fingerprint density at radius 1 is 0.943 bits per heavy atom. The van der Waals surface area contributed by atoms with Crippen molar-refractivity contribution in [3.8, 4) is 10.4 Å². The Hall–Kier alpha value is -5.04. The predicted octanol–water partition coefficient (Wildman–Crippen LogP) is 6.98. The Balaban J connectivity index is 1.29. The van der Waals surface area contributed by atoms with Crippen LogP contribution in [-0.2, 0) is 20.9 Å². The van der Waals surface area contributed by atoms with E-state index in [9.17, 15) is 24.6 Å².